The second-order valence-electron chi connectivity index (χ2n) is 3.81. The van der Waals surface area contributed by atoms with Gasteiger partial charge in [-0.25, -0.2) is 0 Å². The Morgan fingerprint density at radius 3 is 2.57 bits per heavy atom. The molecule has 0 fully saturated rings. The first-order valence-electron chi connectivity index (χ1n) is 5.35. The molecule has 2 atom stereocenters. The fourth-order valence-electron chi connectivity index (χ4n) is 1.16. The third-order valence-corrected chi connectivity index (χ3v) is 2.39. The molecular formula is C11H22N2O. The van der Waals surface area contributed by atoms with Crippen LogP contribution >= 0.6 is 0 Å². The molecule has 0 saturated heterocycles. The van der Waals surface area contributed by atoms with E-state index in [1.54, 1.807) is 0 Å². The van der Waals surface area contributed by atoms with Gasteiger partial charge in [0, 0.05) is 13.0 Å². The van der Waals surface area contributed by atoms with Crippen molar-refractivity contribution < 1.29 is 4.74 Å². The average Bonchev–Trinajstić information content (AvgIpc) is 2.18. The van der Waals surface area contributed by atoms with Gasteiger partial charge in [-0.1, -0.05) is 13.8 Å². The summed E-state index contributed by atoms with van der Waals surface area (Å²) in [7, 11) is 0. The van der Waals surface area contributed by atoms with Crippen LogP contribution in [-0.4, -0.2) is 24.8 Å². The van der Waals surface area contributed by atoms with Crippen molar-refractivity contribution in [3.63, 3.8) is 0 Å². The quantitative estimate of drug-likeness (QED) is 0.681. The van der Waals surface area contributed by atoms with E-state index >= 15 is 0 Å². The lowest BCUT2D eigenvalue weighted by molar-refractivity contribution is 0.0536. The molecule has 0 aromatic heterocycles. The van der Waals surface area contributed by atoms with E-state index in [0.717, 1.165) is 19.4 Å². The molecule has 0 saturated carbocycles. The largest absolute Gasteiger partial charge is 0.378 e. The molecule has 0 aromatic carbocycles. The Labute approximate surface area is 87.4 Å². The molecule has 0 aliphatic rings. The number of ether oxygens (including phenoxy) is 1. The summed E-state index contributed by atoms with van der Waals surface area (Å²) >= 11 is 0. The van der Waals surface area contributed by atoms with E-state index in [0.29, 0.717) is 12.7 Å². The SMILES string of the molecule is CCNC(C)(C#N)CCOC(C)CC. The van der Waals surface area contributed by atoms with Crippen LogP contribution in [0.1, 0.15) is 40.5 Å². The molecule has 1 N–H and O–H groups in total. The second kappa shape index (κ2) is 6.80. The maximum absolute atomic E-state index is 8.97. The van der Waals surface area contributed by atoms with Crippen LogP contribution in [0, 0.1) is 11.3 Å². The molecule has 0 spiro atoms. The summed E-state index contributed by atoms with van der Waals surface area (Å²) < 4.78 is 5.54. The van der Waals surface area contributed by atoms with Crippen molar-refractivity contribution in [3.05, 3.63) is 0 Å². The maximum Gasteiger partial charge on any atom is 0.106 e. The highest BCUT2D eigenvalue weighted by atomic mass is 16.5. The van der Waals surface area contributed by atoms with Gasteiger partial charge < -0.3 is 4.74 Å². The zero-order chi connectivity index (χ0) is 11.0. The van der Waals surface area contributed by atoms with Crippen LogP contribution in [0.3, 0.4) is 0 Å². The van der Waals surface area contributed by atoms with E-state index in [-0.39, 0.29) is 0 Å². The lowest BCUT2D eigenvalue weighted by Gasteiger charge is -2.23. The Morgan fingerprint density at radius 1 is 1.50 bits per heavy atom. The van der Waals surface area contributed by atoms with Gasteiger partial charge in [-0.05, 0) is 26.8 Å². The van der Waals surface area contributed by atoms with Crippen molar-refractivity contribution in [3.8, 4) is 6.07 Å². The van der Waals surface area contributed by atoms with Crippen LogP contribution in [-0.2, 0) is 4.74 Å². The number of hydrogen-bond acceptors (Lipinski definition) is 3. The highest BCUT2D eigenvalue weighted by Crippen LogP contribution is 2.09. The zero-order valence-corrected chi connectivity index (χ0v) is 9.76. The third-order valence-electron chi connectivity index (χ3n) is 2.39. The highest BCUT2D eigenvalue weighted by Gasteiger charge is 2.21. The van der Waals surface area contributed by atoms with Crippen LogP contribution in [0.25, 0.3) is 0 Å². The summed E-state index contributed by atoms with van der Waals surface area (Å²) in [6, 6.07) is 2.28. The molecule has 3 heteroatoms. The highest BCUT2D eigenvalue weighted by molar-refractivity contribution is 5.03. The molecule has 0 heterocycles. The Morgan fingerprint density at radius 2 is 2.14 bits per heavy atom. The molecule has 0 aliphatic heterocycles. The monoisotopic (exact) mass is 198 g/mol. The van der Waals surface area contributed by atoms with Gasteiger partial charge in [0.15, 0.2) is 0 Å². The molecule has 3 nitrogen and oxygen atoms in total. The topological polar surface area (TPSA) is 45.0 Å². The Hall–Kier alpha value is -0.590. The Bertz CT molecular complexity index is 188. The number of nitrogens with one attached hydrogen (secondary N) is 1. The zero-order valence-electron chi connectivity index (χ0n) is 9.76. The molecule has 0 amide bonds. The summed E-state index contributed by atoms with van der Waals surface area (Å²) in [5.41, 5.74) is -0.442. The molecular weight excluding hydrogens is 176 g/mol. The summed E-state index contributed by atoms with van der Waals surface area (Å²) in [6.45, 7) is 9.52. The molecule has 82 valence electrons. The van der Waals surface area contributed by atoms with E-state index in [4.69, 9.17) is 10.00 Å². The molecule has 0 aliphatic carbocycles. The summed E-state index contributed by atoms with van der Waals surface area (Å²) in [5.74, 6) is 0. The summed E-state index contributed by atoms with van der Waals surface area (Å²) in [6.07, 6.45) is 2.05. The first-order valence-corrected chi connectivity index (χ1v) is 5.35. The van der Waals surface area contributed by atoms with Crippen molar-refractivity contribution in [2.75, 3.05) is 13.2 Å². The van der Waals surface area contributed by atoms with Gasteiger partial charge in [-0.3, -0.25) is 5.32 Å². The Balaban J connectivity index is 3.79. The lowest BCUT2D eigenvalue weighted by Crippen LogP contribution is -2.41. The van der Waals surface area contributed by atoms with Gasteiger partial charge in [0.05, 0.1) is 12.2 Å². The van der Waals surface area contributed by atoms with Gasteiger partial charge in [-0.15, -0.1) is 0 Å². The number of nitriles is 1. The van der Waals surface area contributed by atoms with E-state index in [2.05, 4.69) is 25.2 Å². The fourth-order valence-corrected chi connectivity index (χ4v) is 1.16. The predicted octanol–water partition coefficient (Wildman–Crippen LogP) is 2.08. The van der Waals surface area contributed by atoms with Crippen LogP contribution in [0.4, 0.5) is 0 Å². The van der Waals surface area contributed by atoms with E-state index in [9.17, 15) is 0 Å². The molecule has 0 aromatic rings. The van der Waals surface area contributed by atoms with E-state index < -0.39 is 5.54 Å². The number of hydrogen-bond donors (Lipinski definition) is 1. The van der Waals surface area contributed by atoms with Crippen molar-refractivity contribution >= 4 is 0 Å². The van der Waals surface area contributed by atoms with Gasteiger partial charge in [0.25, 0.3) is 0 Å². The molecule has 2 unspecified atom stereocenters. The fraction of sp³-hybridized carbons (Fsp3) is 0.909. The van der Waals surface area contributed by atoms with Crippen LogP contribution < -0.4 is 5.32 Å². The minimum absolute atomic E-state index is 0.291. The molecule has 14 heavy (non-hydrogen) atoms. The van der Waals surface area contributed by atoms with Crippen molar-refractivity contribution in [1.82, 2.24) is 5.32 Å². The minimum Gasteiger partial charge on any atom is -0.378 e. The number of rotatable bonds is 7. The molecule has 0 rings (SSSR count). The van der Waals surface area contributed by atoms with Crippen molar-refractivity contribution in [1.29, 1.82) is 5.26 Å². The normalized spacial score (nSPS) is 17.1. The average molecular weight is 198 g/mol. The van der Waals surface area contributed by atoms with E-state index in [1.807, 2.05) is 13.8 Å². The van der Waals surface area contributed by atoms with Crippen molar-refractivity contribution in [2.24, 2.45) is 0 Å². The standard InChI is InChI=1S/C11H22N2O/c1-5-10(3)14-8-7-11(4,9-12)13-6-2/h10,13H,5-8H2,1-4H3. The first-order chi connectivity index (χ1) is 6.58. The molecule has 0 radical (unpaired) electrons. The van der Waals surface area contributed by atoms with Gasteiger partial charge in [0.1, 0.15) is 5.54 Å². The predicted molar refractivity (Wildman–Crippen MR) is 58.0 cm³/mol. The lowest BCUT2D eigenvalue weighted by atomic mass is 10.0. The minimum atomic E-state index is -0.442. The van der Waals surface area contributed by atoms with Crippen LogP contribution in [0.5, 0.6) is 0 Å². The second-order valence-corrected chi connectivity index (χ2v) is 3.81. The van der Waals surface area contributed by atoms with Gasteiger partial charge in [0.2, 0.25) is 0 Å². The molecule has 0 bridgehead atoms. The van der Waals surface area contributed by atoms with Gasteiger partial charge >= 0.3 is 0 Å². The maximum atomic E-state index is 8.97. The van der Waals surface area contributed by atoms with Crippen LogP contribution in [0.2, 0.25) is 0 Å². The third kappa shape index (κ3) is 5.21. The van der Waals surface area contributed by atoms with Gasteiger partial charge in [-0.2, -0.15) is 5.26 Å². The van der Waals surface area contributed by atoms with Crippen molar-refractivity contribution in [2.45, 2.75) is 52.2 Å². The van der Waals surface area contributed by atoms with Crippen LogP contribution in [0.15, 0.2) is 0 Å². The summed E-state index contributed by atoms with van der Waals surface area (Å²) in [4.78, 5) is 0. The van der Waals surface area contributed by atoms with E-state index in [1.165, 1.54) is 0 Å². The number of nitrogens with zero attached hydrogens (tertiary/aromatic N) is 1. The smallest absolute Gasteiger partial charge is 0.106 e. The first kappa shape index (κ1) is 13.4. The summed E-state index contributed by atoms with van der Waals surface area (Å²) in [5, 5.41) is 12.1. The Kier molecular flexibility index (Phi) is 6.52.